The Balaban J connectivity index is 1.77. The number of anilines is 2. The molecule has 2 aromatic heterocycles. The van der Waals surface area contributed by atoms with Gasteiger partial charge in [-0.3, -0.25) is 0 Å². The molecule has 2 aromatic rings. The Morgan fingerprint density at radius 2 is 1.72 bits per heavy atom. The fraction of sp³-hybridized carbons (Fsp3) is 0.556. The molecule has 1 aliphatic rings. The summed E-state index contributed by atoms with van der Waals surface area (Å²) in [6.07, 6.45) is 3.04. The summed E-state index contributed by atoms with van der Waals surface area (Å²) in [7, 11) is 1.89. The molecular formula is C18H25FN6. The fourth-order valence-corrected chi connectivity index (χ4v) is 3.02. The van der Waals surface area contributed by atoms with E-state index in [4.69, 9.17) is 0 Å². The molecule has 0 saturated carbocycles. The number of hydrogen-bond acceptors (Lipinski definition) is 6. The van der Waals surface area contributed by atoms with E-state index in [9.17, 15) is 4.39 Å². The van der Waals surface area contributed by atoms with Crippen LogP contribution in [-0.4, -0.2) is 46.1 Å². The van der Waals surface area contributed by atoms with Gasteiger partial charge in [-0.1, -0.05) is 20.8 Å². The summed E-state index contributed by atoms with van der Waals surface area (Å²) in [6.45, 7) is 11.4. The number of likely N-dealkylation sites (N-methyl/N-ethyl adjacent to an activating group) is 1. The molecule has 0 aromatic carbocycles. The van der Waals surface area contributed by atoms with Crippen LogP contribution in [0.2, 0.25) is 0 Å². The Morgan fingerprint density at radius 3 is 2.36 bits per heavy atom. The maximum absolute atomic E-state index is 14.9. The molecule has 0 N–H and O–H groups in total. The number of rotatable bonds is 3. The Labute approximate surface area is 148 Å². The quantitative estimate of drug-likeness (QED) is 0.853. The SMILES string of the molecule is Cc1ncnc(N2CC(N(C)c3ncnc(C(C)(C)C)c3F)C2)c1C. The monoisotopic (exact) mass is 344 g/mol. The van der Waals surface area contributed by atoms with Crippen LogP contribution in [-0.2, 0) is 5.41 Å². The molecule has 1 fully saturated rings. The molecule has 0 aliphatic carbocycles. The average molecular weight is 344 g/mol. The van der Waals surface area contributed by atoms with E-state index in [2.05, 4.69) is 24.8 Å². The van der Waals surface area contributed by atoms with Gasteiger partial charge in [-0.2, -0.15) is 0 Å². The second-order valence-electron chi connectivity index (χ2n) is 7.69. The van der Waals surface area contributed by atoms with Gasteiger partial charge in [0.15, 0.2) is 11.6 Å². The zero-order valence-corrected chi connectivity index (χ0v) is 15.7. The normalized spacial score (nSPS) is 15.2. The minimum absolute atomic E-state index is 0.187. The Bertz CT molecular complexity index is 780. The summed E-state index contributed by atoms with van der Waals surface area (Å²) < 4.78 is 14.9. The molecule has 0 amide bonds. The van der Waals surface area contributed by atoms with Gasteiger partial charge >= 0.3 is 0 Å². The first-order valence-corrected chi connectivity index (χ1v) is 8.47. The summed E-state index contributed by atoms with van der Waals surface area (Å²) in [5.41, 5.74) is 2.16. The van der Waals surface area contributed by atoms with Gasteiger partial charge in [-0.05, 0) is 13.8 Å². The topological polar surface area (TPSA) is 58.0 Å². The predicted octanol–water partition coefficient (Wildman–Crippen LogP) is 2.65. The van der Waals surface area contributed by atoms with Crippen LogP contribution in [0.4, 0.5) is 16.0 Å². The lowest BCUT2D eigenvalue weighted by atomic mass is 9.91. The van der Waals surface area contributed by atoms with Crippen LogP contribution in [0.25, 0.3) is 0 Å². The van der Waals surface area contributed by atoms with Crippen LogP contribution in [0.3, 0.4) is 0 Å². The zero-order chi connectivity index (χ0) is 18.4. The van der Waals surface area contributed by atoms with Gasteiger partial charge in [0, 0.05) is 36.8 Å². The highest BCUT2D eigenvalue weighted by Gasteiger charge is 2.35. The molecular weight excluding hydrogens is 319 g/mol. The van der Waals surface area contributed by atoms with Crippen LogP contribution in [0.5, 0.6) is 0 Å². The maximum Gasteiger partial charge on any atom is 0.187 e. The molecule has 0 radical (unpaired) electrons. The van der Waals surface area contributed by atoms with E-state index in [-0.39, 0.29) is 17.3 Å². The summed E-state index contributed by atoms with van der Waals surface area (Å²) in [5, 5.41) is 0. The Hall–Kier alpha value is -2.31. The molecule has 6 nitrogen and oxygen atoms in total. The van der Waals surface area contributed by atoms with Crippen LogP contribution >= 0.6 is 0 Å². The summed E-state index contributed by atoms with van der Waals surface area (Å²) in [4.78, 5) is 21.0. The van der Waals surface area contributed by atoms with Crippen molar-refractivity contribution >= 4 is 11.6 Å². The van der Waals surface area contributed by atoms with E-state index in [1.54, 1.807) is 6.33 Å². The van der Waals surface area contributed by atoms with Gasteiger partial charge in [-0.15, -0.1) is 0 Å². The maximum atomic E-state index is 14.9. The van der Waals surface area contributed by atoms with Crippen molar-refractivity contribution in [2.24, 2.45) is 0 Å². The first-order chi connectivity index (χ1) is 11.7. The molecule has 1 saturated heterocycles. The highest BCUT2D eigenvalue weighted by atomic mass is 19.1. The van der Waals surface area contributed by atoms with Crippen LogP contribution in [0.1, 0.15) is 37.7 Å². The van der Waals surface area contributed by atoms with Gasteiger partial charge in [-0.25, -0.2) is 24.3 Å². The van der Waals surface area contributed by atoms with Crippen LogP contribution in [0.15, 0.2) is 12.7 Å². The molecule has 0 spiro atoms. The second-order valence-corrected chi connectivity index (χ2v) is 7.69. The van der Waals surface area contributed by atoms with E-state index < -0.39 is 0 Å². The molecule has 0 atom stereocenters. The Kier molecular flexibility index (Phi) is 4.34. The molecule has 1 aliphatic heterocycles. The standard InChI is InChI=1S/C18H25FN6/c1-11-12(2)20-9-22-16(11)25-7-13(8-25)24(6)17-14(19)15(18(3,4)5)21-10-23-17/h9-10,13H,7-8H2,1-6H3. The van der Waals surface area contributed by atoms with Gasteiger partial charge in [0.1, 0.15) is 18.5 Å². The highest BCUT2D eigenvalue weighted by Crippen LogP contribution is 2.31. The van der Waals surface area contributed by atoms with E-state index in [0.29, 0.717) is 11.5 Å². The fourth-order valence-electron chi connectivity index (χ4n) is 3.02. The van der Waals surface area contributed by atoms with Crippen molar-refractivity contribution in [3.05, 3.63) is 35.4 Å². The number of nitrogens with zero attached hydrogens (tertiary/aromatic N) is 6. The van der Waals surface area contributed by atoms with Gasteiger partial charge in [0.05, 0.1) is 11.7 Å². The van der Waals surface area contributed by atoms with Crippen molar-refractivity contribution in [1.82, 2.24) is 19.9 Å². The molecule has 7 heteroatoms. The molecule has 3 rings (SSSR count). The number of aromatic nitrogens is 4. The van der Waals surface area contributed by atoms with Crippen molar-refractivity contribution in [2.45, 2.75) is 46.1 Å². The van der Waals surface area contributed by atoms with Crippen molar-refractivity contribution in [1.29, 1.82) is 0 Å². The van der Waals surface area contributed by atoms with Crippen molar-refractivity contribution in [3.63, 3.8) is 0 Å². The average Bonchev–Trinajstić information content (AvgIpc) is 2.49. The first-order valence-electron chi connectivity index (χ1n) is 8.47. The van der Waals surface area contributed by atoms with E-state index in [0.717, 1.165) is 30.2 Å². The first kappa shape index (κ1) is 17.5. The number of hydrogen-bond donors (Lipinski definition) is 0. The van der Waals surface area contributed by atoms with E-state index >= 15 is 0 Å². The molecule has 134 valence electrons. The predicted molar refractivity (Wildman–Crippen MR) is 96.6 cm³/mol. The van der Waals surface area contributed by atoms with E-state index in [1.165, 1.54) is 6.33 Å². The van der Waals surface area contributed by atoms with Gasteiger partial charge < -0.3 is 9.80 Å². The lowest BCUT2D eigenvalue weighted by Crippen LogP contribution is -2.59. The lowest BCUT2D eigenvalue weighted by molar-refractivity contribution is 0.464. The molecule has 0 bridgehead atoms. The third kappa shape index (κ3) is 3.15. The largest absolute Gasteiger partial charge is 0.352 e. The van der Waals surface area contributed by atoms with Crippen LogP contribution in [0, 0.1) is 19.7 Å². The molecule has 25 heavy (non-hydrogen) atoms. The molecule has 0 unspecified atom stereocenters. The second kappa shape index (κ2) is 6.20. The van der Waals surface area contributed by atoms with Gasteiger partial charge in [0.2, 0.25) is 0 Å². The third-order valence-corrected chi connectivity index (χ3v) is 4.83. The van der Waals surface area contributed by atoms with Gasteiger partial charge in [0.25, 0.3) is 0 Å². The minimum Gasteiger partial charge on any atom is -0.352 e. The lowest BCUT2D eigenvalue weighted by Gasteiger charge is -2.45. The zero-order valence-electron chi connectivity index (χ0n) is 15.7. The summed E-state index contributed by atoms with van der Waals surface area (Å²) >= 11 is 0. The minimum atomic E-state index is -0.357. The Morgan fingerprint density at radius 1 is 1.08 bits per heavy atom. The van der Waals surface area contributed by atoms with Crippen molar-refractivity contribution in [2.75, 3.05) is 29.9 Å². The van der Waals surface area contributed by atoms with Crippen molar-refractivity contribution in [3.8, 4) is 0 Å². The summed E-state index contributed by atoms with van der Waals surface area (Å²) in [6, 6.07) is 0.187. The smallest absolute Gasteiger partial charge is 0.187 e. The summed E-state index contributed by atoms with van der Waals surface area (Å²) in [5.74, 6) is 0.987. The van der Waals surface area contributed by atoms with Crippen LogP contribution < -0.4 is 9.80 Å². The highest BCUT2D eigenvalue weighted by molar-refractivity contribution is 5.53. The third-order valence-electron chi connectivity index (χ3n) is 4.83. The van der Waals surface area contributed by atoms with E-state index in [1.807, 2.05) is 46.6 Å². The number of halogens is 1. The van der Waals surface area contributed by atoms with Crippen molar-refractivity contribution < 1.29 is 4.39 Å². The number of aryl methyl sites for hydroxylation is 1. The molecule has 3 heterocycles.